The number of amides is 2. The second-order valence-electron chi connectivity index (χ2n) is 6.14. The molecule has 9 nitrogen and oxygen atoms in total. The van der Waals surface area contributed by atoms with E-state index in [-0.39, 0.29) is 18.4 Å². The Kier molecular flexibility index (Phi) is 7.53. The highest BCUT2D eigenvalue weighted by atomic mass is 32.2. The van der Waals surface area contributed by atoms with Crippen LogP contribution in [0.15, 0.2) is 28.6 Å². The van der Waals surface area contributed by atoms with Gasteiger partial charge in [-0.2, -0.15) is 0 Å². The molecule has 0 aliphatic carbocycles. The molecule has 0 atom stereocenters. The van der Waals surface area contributed by atoms with Gasteiger partial charge in [0.2, 0.25) is 11.0 Å². The van der Waals surface area contributed by atoms with E-state index >= 15 is 0 Å². The Bertz CT molecular complexity index is 822. The summed E-state index contributed by atoms with van der Waals surface area (Å²) in [5.41, 5.74) is 0. The molecule has 1 N–H and O–H groups in total. The first-order valence-corrected chi connectivity index (χ1v) is 10.9. The highest BCUT2D eigenvalue weighted by molar-refractivity contribution is 8.01. The molecule has 2 heterocycles. The van der Waals surface area contributed by atoms with Crippen molar-refractivity contribution in [3.63, 3.8) is 0 Å². The summed E-state index contributed by atoms with van der Waals surface area (Å²) in [6, 6.07) is 7.14. The van der Waals surface area contributed by atoms with E-state index in [9.17, 15) is 9.59 Å². The number of ether oxygens (including phenoxy) is 2. The van der Waals surface area contributed by atoms with E-state index < -0.39 is 0 Å². The second-order valence-corrected chi connectivity index (χ2v) is 8.32. The van der Waals surface area contributed by atoms with Gasteiger partial charge in [-0.1, -0.05) is 23.1 Å². The topological polar surface area (TPSA) is 96.9 Å². The van der Waals surface area contributed by atoms with E-state index in [2.05, 4.69) is 20.4 Å². The maximum atomic E-state index is 12.4. The number of benzene rings is 1. The van der Waals surface area contributed by atoms with Crippen LogP contribution in [-0.2, 0) is 9.59 Å². The molecule has 0 radical (unpaired) electrons. The quantitative estimate of drug-likeness (QED) is 0.614. The zero-order valence-electron chi connectivity index (χ0n) is 16.3. The van der Waals surface area contributed by atoms with Gasteiger partial charge in [0, 0.05) is 33.2 Å². The van der Waals surface area contributed by atoms with Crippen molar-refractivity contribution in [2.24, 2.45) is 0 Å². The van der Waals surface area contributed by atoms with Crippen LogP contribution in [-0.4, -0.2) is 79.6 Å². The summed E-state index contributed by atoms with van der Waals surface area (Å²) >= 11 is 2.83. The highest BCUT2D eigenvalue weighted by Gasteiger charge is 2.23. The molecule has 0 unspecified atom stereocenters. The first kappa shape index (κ1) is 21.2. The van der Waals surface area contributed by atoms with E-state index in [1.165, 1.54) is 23.1 Å². The number of carbonyl (C=O) groups excluding carboxylic acids is 2. The van der Waals surface area contributed by atoms with Gasteiger partial charge in [0.1, 0.15) is 11.5 Å². The summed E-state index contributed by atoms with van der Waals surface area (Å²) in [6.45, 7) is 2.58. The van der Waals surface area contributed by atoms with Gasteiger partial charge in [0.25, 0.3) is 5.91 Å². The second kappa shape index (κ2) is 10.3. The molecule has 2 amide bonds. The maximum absolute atomic E-state index is 12.4. The number of hydrogen-bond donors (Lipinski definition) is 1. The summed E-state index contributed by atoms with van der Waals surface area (Å²) in [7, 11) is 3.21. The fraction of sp³-hybridized carbons (Fsp3) is 0.444. The molecule has 1 aromatic carbocycles. The molecule has 1 aliphatic heterocycles. The Labute approximate surface area is 177 Å². The molecule has 11 heteroatoms. The van der Waals surface area contributed by atoms with Crippen LogP contribution >= 0.6 is 23.1 Å². The summed E-state index contributed by atoms with van der Waals surface area (Å²) < 4.78 is 11.4. The van der Waals surface area contributed by atoms with Crippen LogP contribution in [0.1, 0.15) is 0 Å². The number of nitrogens with one attached hydrogen (secondary N) is 1. The van der Waals surface area contributed by atoms with E-state index in [1.807, 2.05) is 0 Å². The number of methoxy groups -OCH3 is 1. The summed E-state index contributed by atoms with van der Waals surface area (Å²) in [6.07, 6.45) is 0. The third-order valence-electron chi connectivity index (χ3n) is 4.33. The smallest absolute Gasteiger partial charge is 0.260 e. The predicted molar refractivity (Wildman–Crippen MR) is 112 cm³/mol. The fourth-order valence-corrected chi connectivity index (χ4v) is 4.41. The summed E-state index contributed by atoms with van der Waals surface area (Å²) in [5, 5.41) is 11.7. The van der Waals surface area contributed by atoms with Crippen LogP contribution in [0.2, 0.25) is 0 Å². The average Bonchev–Trinajstić information content (AvgIpc) is 3.25. The van der Waals surface area contributed by atoms with Crippen LogP contribution in [0.25, 0.3) is 0 Å². The van der Waals surface area contributed by atoms with Crippen molar-refractivity contribution in [1.82, 2.24) is 20.4 Å². The lowest BCUT2D eigenvalue weighted by Crippen LogP contribution is -2.50. The third kappa shape index (κ3) is 5.97. The van der Waals surface area contributed by atoms with Crippen molar-refractivity contribution < 1.29 is 19.1 Å². The Morgan fingerprint density at radius 1 is 1.14 bits per heavy atom. The van der Waals surface area contributed by atoms with Crippen molar-refractivity contribution in [2.75, 3.05) is 57.6 Å². The predicted octanol–water partition coefficient (Wildman–Crippen LogP) is 1.11. The minimum atomic E-state index is -0.0456. The number of thioether (sulfide) groups is 1. The molecule has 1 fully saturated rings. The Morgan fingerprint density at radius 2 is 1.83 bits per heavy atom. The average molecular weight is 438 g/mol. The van der Waals surface area contributed by atoms with Crippen LogP contribution in [0.5, 0.6) is 11.5 Å². The van der Waals surface area contributed by atoms with Crippen molar-refractivity contribution >= 4 is 40.0 Å². The molecule has 0 bridgehead atoms. The maximum Gasteiger partial charge on any atom is 0.260 e. The van der Waals surface area contributed by atoms with Gasteiger partial charge in [-0.25, -0.2) is 0 Å². The molecular formula is C18H23N5O4S2. The van der Waals surface area contributed by atoms with Gasteiger partial charge in [0.05, 0.1) is 12.9 Å². The van der Waals surface area contributed by atoms with Crippen LogP contribution < -0.4 is 19.7 Å². The van der Waals surface area contributed by atoms with E-state index in [0.717, 1.165) is 15.2 Å². The van der Waals surface area contributed by atoms with Crippen LogP contribution in [0.3, 0.4) is 0 Å². The van der Waals surface area contributed by atoms with Gasteiger partial charge in [-0.15, -0.1) is 10.2 Å². The summed E-state index contributed by atoms with van der Waals surface area (Å²) in [4.78, 5) is 27.6. The van der Waals surface area contributed by atoms with E-state index in [0.29, 0.717) is 37.7 Å². The minimum absolute atomic E-state index is 0.00537. The Balaban J connectivity index is 1.43. The van der Waals surface area contributed by atoms with Crippen molar-refractivity contribution in [1.29, 1.82) is 0 Å². The first-order valence-electron chi connectivity index (χ1n) is 9.05. The molecular weight excluding hydrogens is 414 g/mol. The molecule has 1 saturated heterocycles. The van der Waals surface area contributed by atoms with Crippen molar-refractivity contribution in [3.8, 4) is 11.5 Å². The molecule has 3 rings (SSSR count). The first-order chi connectivity index (χ1) is 14.1. The molecule has 156 valence electrons. The Hall–Kier alpha value is -2.53. The summed E-state index contributed by atoms with van der Waals surface area (Å²) in [5.74, 6) is 1.61. The normalized spacial score (nSPS) is 13.9. The SMILES string of the molecule is CNC(=O)CSc1nnc(N2CCN(C(=O)COc3ccc(OC)cc3)CC2)s1. The molecule has 29 heavy (non-hydrogen) atoms. The van der Waals surface area contributed by atoms with Gasteiger partial charge in [-0.05, 0) is 24.3 Å². The van der Waals surface area contributed by atoms with E-state index in [1.54, 1.807) is 43.3 Å². The number of piperazine rings is 1. The number of anilines is 1. The number of nitrogens with zero attached hydrogens (tertiary/aromatic N) is 4. The van der Waals surface area contributed by atoms with Crippen molar-refractivity contribution in [3.05, 3.63) is 24.3 Å². The molecule has 0 saturated carbocycles. The molecule has 0 spiro atoms. The monoisotopic (exact) mass is 437 g/mol. The van der Waals surface area contributed by atoms with Gasteiger partial charge in [0.15, 0.2) is 10.9 Å². The number of carbonyl (C=O) groups is 2. The molecule has 1 aromatic heterocycles. The lowest BCUT2D eigenvalue weighted by Gasteiger charge is -2.34. The fourth-order valence-electron chi connectivity index (χ4n) is 2.64. The standard InChI is InChI=1S/C18H23N5O4S2/c1-19-15(24)12-28-18-21-20-17(29-18)23-9-7-22(8-10-23)16(25)11-27-14-5-3-13(26-2)4-6-14/h3-6H,7-12H2,1-2H3,(H,19,24). The molecule has 2 aromatic rings. The lowest BCUT2D eigenvalue weighted by atomic mass is 10.3. The molecule has 1 aliphatic rings. The number of aromatic nitrogens is 2. The largest absolute Gasteiger partial charge is 0.497 e. The van der Waals surface area contributed by atoms with Gasteiger partial charge >= 0.3 is 0 Å². The van der Waals surface area contributed by atoms with E-state index in [4.69, 9.17) is 9.47 Å². The van der Waals surface area contributed by atoms with Crippen molar-refractivity contribution in [2.45, 2.75) is 4.34 Å². The minimum Gasteiger partial charge on any atom is -0.497 e. The van der Waals surface area contributed by atoms with Gasteiger partial charge in [-0.3, -0.25) is 9.59 Å². The number of rotatable bonds is 8. The highest BCUT2D eigenvalue weighted by Crippen LogP contribution is 2.28. The zero-order chi connectivity index (χ0) is 20.6. The Morgan fingerprint density at radius 3 is 2.48 bits per heavy atom. The van der Waals surface area contributed by atoms with Crippen LogP contribution in [0, 0.1) is 0 Å². The lowest BCUT2D eigenvalue weighted by molar-refractivity contribution is -0.133. The van der Waals surface area contributed by atoms with Crippen LogP contribution in [0.4, 0.5) is 5.13 Å². The zero-order valence-corrected chi connectivity index (χ0v) is 17.9. The van der Waals surface area contributed by atoms with Gasteiger partial charge < -0.3 is 24.6 Å². The third-order valence-corrected chi connectivity index (χ3v) is 6.44. The number of hydrogen-bond acceptors (Lipinski definition) is 9.